The third kappa shape index (κ3) is 5.14. The molecule has 0 aliphatic carbocycles. The highest BCUT2D eigenvalue weighted by molar-refractivity contribution is 9.09. The van der Waals surface area contributed by atoms with Gasteiger partial charge in [0, 0.05) is 17.9 Å². The van der Waals surface area contributed by atoms with E-state index in [-0.39, 0.29) is 11.8 Å². The second-order valence-corrected chi connectivity index (χ2v) is 8.02. The van der Waals surface area contributed by atoms with Crippen molar-refractivity contribution in [3.63, 3.8) is 0 Å². The summed E-state index contributed by atoms with van der Waals surface area (Å²) in [6.45, 7) is 2.63. The number of benzene rings is 2. The van der Waals surface area contributed by atoms with E-state index in [1.165, 1.54) is 0 Å². The minimum atomic E-state index is -0.607. The van der Waals surface area contributed by atoms with Crippen LogP contribution in [0.3, 0.4) is 0 Å². The maximum atomic E-state index is 13.3. The second kappa shape index (κ2) is 10.5. The number of carbonyl (C=O) groups is 2. The summed E-state index contributed by atoms with van der Waals surface area (Å²) in [5.41, 5.74) is 1.81. The predicted molar refractivity (Wildman–Crippen MR) is 121 cm³/mol. The van der Waals surface area contributed by atoms with Gasteiger partial charge in [0.1, 0.15) is 6.04 Å². The fourth-order valence-corrected chi connectivity index (χ4v) is 3.76. The summed E-state index contributed by atoms with van der Waals surface area (Å²) in [4.78, 5) is 27.7. The summed E-state index contributed by atoms with van der Waals surface area (Å²) in [5.74, 6) is 0.548. The van der Waals surface area contributed by atoms with Gasteiger partial charge < -0.3 is 19.7 Å². The number of halogens is 1. The van der Waals surface area contributed by atoms with Gasteiger partial charge in [-0.15, -0.1) is 0 Å². The van der Waals surface area contributed by atoms with Crippen LogP contribution in [0.15, 0.2) is 42.5 Å². The second-order valence-electron chi connectivity index (χ2n) is 7.23. The third-order valence-corrected chi connectivity index (χ3v) is 5.69. The van der Waals surface area contributed by atoms with Gasteiger partial charge in [-0.25, -0.2) is 0 Å². The molecule has 0 aromatic heterocycles. The van der Waals surface area contributed by atoms with Crippen molar-refractivity contribution >= 4 is 33.4 Å². The van der Waals surface area contributed by atoms with E-state index in [0.29, 0.717) is 35.9 Å². The van der Waals surface area contributed by atoms with Crippen LogP contribution >= 0.6 is 15.9 Å². The first-order valence-electron chi connectivity index (χ1n) is 10.1. The molecule has 2 aromatic rings. The van der Waals surface area contributed by atoms with Crippen LogP contribution in [0.2, 0.25) is 0 Å². The van der Waals surface area contributed by atoms with Crippen LogP contribution in [0.1, 0.15) is 42.1 Å². The van der Waals surface area contributed by atoms with E-state index in [2.05, 4.69) is 21.2 Å². The Hall–Kier alpha value is -2.54. The number of anilines is 1. The van der Waals surface area contributed by atoms with Gasteiger partial charge >= 0.3 is 0 Å². The molecule has 1 N–H and O–H groups in total. The lowest BCUT2D eigenvalue weighted by atomic mass is 10.1. The first-order chi connectivity index (χ1) is 14.5. The molecule has 1 aliphatic rings. The largest absolute Gasteiger partial charge is 0.493 e. The van der Waals surface area contributed by atoms with Crippen LogP contribution in [0.4, 0.5) is 5.69 Å². The quantitative estimate of drug-likeness (QED) is 0.425. The summed E-state index contributed by atoms with van der Waals surface area (Å²) in [7, 11) is 1.55. The predicted octanol–water partition coefficient (Wildman–Crippen LogP) is 4.62. The molecule has 2 amide bonds. The summed E-state index contributed by atoms with van der Waals surface area (Å²) < 4.78 is 11.4. The molecule has 160 valence electrons. The maximum Gasteiger partial charge on any atom is 0.257 e. The van der Waals surface area contributed by atoms with Crippen LogP contribution in [0.5, 0.6) is 11.5 Å². The topological polar surface area (TPSA) is 67.9 Å². The Bertz CT molecular complexity index is 888. The zero-order valence-electron chi connectivity index (χ0n) is 17.3. The number of ether oxygens (including phenoxy) is 2. The normalized spacial score (nSPS) is 16.0. The third-order valence-electron chi connectivity index (χ3n) is 5.13. The molecular weight excluding hydrogens is 448 g/mol. The molecule has 1 atom stereocenters. The van der Waals surface area contributed by atoms with E-state index < -0.39 is 6.04 Å². The first kappa shape index (κ1) is 22.2. The number of methoxy groups -OCH3 is 1. The first-order valence-corrected chi connectivity index (χ1v) is 11.2. The molecule has 3 rings (SSSR count). The van der Waals surface area contributed by atoms with E-state index in [4.69, 9.17) is 9.47 Å². The average Bonchev–Trinajstić information content (AvgIpc) is 2.84. The van der Waals surface area contributed by atoms with Crippen molar-refractivity contribution in [1.29, 1.82) is 0 Å². The lowest BCUT2D eigenvalue weighted by Crippen LogP contribution is -2.42. The Morgan fingerprint density at radius 3 is 2.53 bits per heavy atom. The molecule has 0 saturated carbocycles. The molecule has 2 aromatic carbocycles. The molecule has 0 bridgehead atoms. The molecule has 1 aliphatic heterocycles. The van der Waals surface area contributed by atoms with E-state index in [1.54, 1.807) is 31.1 Å². The number of rotatable bonds is 9. The van der Waals surface area contributed by atoms with Crippen LogP contribution in [0, 0.1) is 0 Å². The zero-order chi connectivity index (χ0) is 21.5. The maximum absolute atomic E-state index is 13.3. The van der Waals surface area contributed by atoms with Gasteiger partial charge in [-0.2, -0.15) is 0 Å². The standard InChI is InChI=1S/C23H27BrN2O4/c1-16-22(27)25-19-14-21(30-12-8-4-7-11-24)20(29-2)13-18(19)23(28)26(16)15-17-9-5-3-6-10-17/h3,5-6,9-10,13-14,16H,4,7-8,11-12,15H2,1-2H3,(H,25,27). The van der Waals surface area contributed by atoms with Crippen molar-refractivity contribution in [3.05, 3.63) is 53.6 Å². The van der Waals surface area contributed by atoms with Crippen molar-refractivity contribution in [2.75, 3.05) is 24.4 Å². The number of nitrogens with one attached hydrogen (secondary N) is 1. The monoisotopic (exact) mass is 474 g/mol. The van der Waals surface area contributed by atoms with Crippen LogP contribution in [0.25, 0.3) is 0 Å². The highest BCUT2D eigenvalue weighted by Gasteiger charge is 2.33. The minimum absolute atomic E-state index is 0.220. The Morgan fingerprint density at radius 1 is 1.07 bits per heavy atom. The fourth-order valence-electron chi connectivity index (χ4n) is 3.37. The number of hydrogen-bond donors (Lipinski definition) is 1. The molecule has 6 nitrogen and oxygen atoms in total. The summed E-state index contributed by atoms with van der Waals surface area (Å²) in [6, 6.07) is 12.4. The lowest BCUT2D eigenvalue weighted by molar-refractivity contribution is -0.120. The molecule has 30 heavy (non-hydrogen) atoms. The summed E-state index contributed by atoms with van der Waals surface area (Å²) >= 11 is 3.42. The molecule has 0 radical (unpaired) electrons. The van der Waals surface area contributed by atoms with Gasteiger partial charge in [-0.05, 0) is 37.8 Å². The number of nitrogens with zero attached hydrogens (tertiary/aromatic N) is 1. The highest BCUT2D eigenvalue weighted by atomic mass is 79.9. The van der Waals surface area contributed by atoms with E-state index >= 15 is 0 Å². The Balaban J connectivity index is 1.87. The number of hydrogen-bond acceptors (Lipinski definition) is 4. The summed E-state index contributed by atoms with van der Waals surface area (Å²) in [5, 5.41) is 3.85. The van der Waals surface area contributed by atoms with Gasteiger partial charge in [0.15, 0.2) is 11.5 Å². The van der Waals surface area contributed by atoms with Gasteiger partial charge in [-0.1, -0.05) is 46.3 Å². The van der Waals surface area contributed by atoms with Crippen LogP contribution in [-0.4, -0.2) is 41.8 Å². The van der Waals surface area contributed by atoms with Gasteiger partial charge in [-0.3, -0.25) is 9.59 Å². The SMILES string of the molecule is COc1cc2c(cc1OCCCCCBr)NC(=O)C(C)N(Cc1ccccc1)C2=O. The van der Waals surface area contributed by atoms with Gasteiger partial charge in [0.25, 0.3) is 5.91 Å². The zero-order valence-corrected chi connectivity index (χ0v) is 18.9. The van der Waals surface area contributed by atoms with Crippen LogP contribution < -0.4 is 14.8 Å². The molecule has 1 heterocycles. The van der Waals surface area contributed by atoms with Crippen molar-refractivity contribution < 1.29 is 19.1 Å². The lowest BCUT2D eigenvalue weighted by Gasteiger charge is -2.26. The Kier molecular flexibility index (Phi) is 7.74. The van der Waals surface area contributed by atoms with Crippen molar-refractivity contribution in [2.24, 2.45) is 0 Å². The number of carbonyl (C=O) groups excluding carboxylic acids is 2. The molecule has 0 fully saturated rings. The summed E-state index contributed by atoms with van der Waals surface area (Å²) in [6.07, 6.45) is 3.06. The van der Waals surface area contributed by atoms with Crippen molar-refractivity contribution in [1.82, 2.24) is 4.90 Å². The Labute approximate surface area is 185 Å². The van der Waals surface area contributed by atoms with E-state index in [0.717, 1.165) is 30.2 Å². The molecule has 0 spiro atoms. The molecule has 1 unspecified atom stereocenters. The highest BCUT2D eigenvalue weighted by Crippen LogP contribution is 2.36. The van der Waals surface area contributed by atoms with Crippen molar-refractivity contribution in [3.8, 4) is 11.5 Å². The smallest absolute Gasteiger partial charge is 0.257 e. The molecule has 7 heteroatoms. The number of fused-ring (bicyclic) bond motifs is 1. The average molecular weight is 475 g/mol. The van der Waals surface area contributed by atoms with Gasteiger partial charge in [0.05, 0.1) is 25.0 Å². The molecule has 0 saturated heterocycles. The van der Waals surface area contributed by atoms with Crippen LogP contribution in [-0.2, 0) is 11.3 Å². The van der Waals surface area contributed by atoms with E-state index in [9.17, 15) is 9.59 Å². The number of unbranched alkanes of at least 4 members (excludes halogenated alkanes) is 2. The number of amides is 2. The number of alkyl halides is 1. The molecular formula is C23H27BrN2O4. The Morgan fingerprint density at radius 2 is 1.83 bits per heavy atom. The minimum Gasteiger partial charge on any atom is -0.493 e. The van der Waals surface area contributed by atoms with Gasteiger partial charge in [0.2, 0.25) is 5.91 Å². The van der Waals surface area contributed by atoms with Crippen molar-refractivity contribution in [2.45, 2.75) is 38.8 Å². The fraction of sp³-hybridized carbons (Fsp3) is 0.391. The van der Waals surface area contributed by atoms with E-state index in [1.807, 2.05) is 30.3 Å².